The fraction of sp³-hybridized carbons (Fsp3) is 0. The summed E-state index contributed by atoms with van der Waals surface area (Å²) in [6, 6.07) is 0. The van der Waals surface area contributed by atoms with Crippen molar-refractivity contribution in [1.29, 1.82) is 0 Å². The van der Waals surface area contributed by atoms with Crippen molar-refractivity contribution in [3.05, 3.63) is 0 Å². The molecule has 0 amide bonds. The molecule has 0 atom stereocenters. The van der Waals surface area contributed by atoms with Crippen LogP contribution < -0.4 is 0 Å². The van der Waals surface area contributed by atoms with Crippen molar-refractivity contribution in [1.82, 2.24) is 0 Å². The van der Waals surface area contributed by atoms with Crippen LogP contribution in [0.5, 0.6) is 0 Å². The van der Waals surface area contributed by atoms with Crippen LogP contribution in [-0.4, -0.2) is 0 Å². The van der Waals surface area contributed by atoms with Crippen molar-refractivity contribution < 1.29 is 62.8 Å². The minimum atomic E-state index is 0. The second-order valence-electron chi connectivity index (χ2n) is 0. The van der Waals surface area contributed by atoms with Gasteiger partial charge in [-0.2, -0.15) is 0 Å². The SMILES string of the molecule is [Mo].[O]=[W].[V]. The molecule has 0 aliphatic rings. The van der Waals surface area contributed by atoms with E-state index in [0.29, 0.717) is 19.8 Å². The summed E-state index contributed by atoms with van der Waals surface area (Å²) in [4.78, 5) is 0. The zero-order chi connectivity index (χ0) is 2.00. The summed E-state index contributed by atoms with van der Waals surface area (Å²) in [6.45, 7) is 0. The molecular formula is MoOVW. The van der Waals surface area contributed by atoms with Crippen molar-refractivity contribution in [2.24, 2.45) is 0 Å². The van der Waals surface area contributed by atoms with Gasteiger partial charge in [0.25, 0.3) is 0 Å². The summed E-state index contributed by atoms with van der Waals surface area (Å²) in [5, 5.41) is 0. The molecule has 0 aromatic rings. The van der Waals surface area contributed by atoms with E-state index in [1.165, 1.54) is 0 Å². The molecular weight excluding hydrogens is 347 g/mol. The molecule has 0 spiro atoms. The molecule has 0 aromatic heterocycles. The van der Waals surface area contributed by atoms with E-state index in [-0.39, 0.29) is 39.6 Å². The molecule has 0 fully saturated rings. The second-order valence-corrected chi connectivity index (χ2v) is 0. The third-order valence-corrected chi connectivity index (χ3v) is 0. The Morgan fingerprint density at radius 3 is 1.25 bits per heavy atom. The summed E-state index contributed by atoms with van der Waals surface area (Å²) in [5.74, 6) is 0. The van der Waals surface area contributed by atoms with Gasteiger partial charge in [0.2, 0.25) is 0 Å². The second kappa shape index (κ2) is 21.7. The van der Waals surface area contributed by atoms with Gasteiger partial charge in [0, 0.05) is 39.6 Å². The smallest absolute Gasteiger partial charge is 0 e. The van der Waals surface area contributed by atoms with Gasteiger partial charge >= 0.3 is 23.2 Å². The van der Waals surface area contributed by atoms with E-state index < -0.39 is 0 Å². The Hall–Kier alpha value is 1.76. The molecule has 0 bridgehead atoms. The van der Waals surface area contributed by atoms with Crippen LogP contribution in [0.3, 0.4) is 0 Å². The van der Waals surface area contributed by atoms with Crippen molar-refractivity contribution >= 4 is 0 Å². The first kappa shape index (κ1) is 17.1. The molecule has 0 aromatic carbocycles. The topological polar surface area (TPSA) is 17.1 Å². The maximum absolute atomic E-state index is 8.33. The molecule has 0 rings (SSSR count). The molecule has 4 heavy (non-hydrogen) atoms. The molecule has 0 saturated carbocycles. The Bertz CT molecular complexity index is 8.00. The molecule has 0 N–H and O–H groups in total. The Morgan fingerprint density at radius 2 is 1.25 bits per heavy atom. The number of hydrogen-bond acceptors (Lipinski definition) is 1. The Morgan fingerprint density at radius 1 is 1.25 bits per heavy atom. The summed E-state index contributed by atoms with van der Waals surface area (Å²) in [7, 11) is 0. The first-order valence-corrected chi connectivity index (χ1v) is 1.36. The minimum absolute atomic E-state index is 0. The van der Waals surface area contributed by atoms with Gasteiger partial charge in [-0.05, 0) is 0 Å². The third kappa shape index (κ3) is 9.25. The first-order chi connectivity index (χ1) is 1.00. The zero-order valence-corrected chi connectivity index (χ0v) is 8.01. The number of rotatable bonds is 0. The van der Waals surface area contributed by atoms with Crippen LogP contribution in [0, 0.1) is 0 Å². The van der Waals surface area contributed by atoms with Crippen molar-refractivity contribution in [2.45, 2.75) is 0 Å². The van der Waals surface area contributed by atoms with Crippen molar-refractivity contribution in [3.63, 3.8) is 0 Å². The monoisotopic (exact) mass is 349 g/mol. The minimum Gasteiger partial charge on any atom is 0 e. The summed E-state index contributed by atoms with van der Waals surface area (Å²) < 4.78 is 8.33. The average molecular weight is 347 g/mol. The summed E-state index contributed by atoms with van der Waals surface area (Å²) >= 11 is 0.333. The van der Waals surface area contributed by atoms with Crippen molar-refractivity contribution in [2.75, 3.05) is 0 Å². The van der Waals surface area contributed by atoms with Gasteiger partial charge in [0.15, 0.2) is 0 Å². The van der Waals surface area contributed by atoms with Crippen LogP contribution in [-0.2, 0) is 62.8 Å². The average Bonchev–Trinajstić information content (AvgIpc) is 1.00. The molecule has 1 radical (unpaired) electrons. The van der Waals surface area contributed by atoms with E-state index in [2.05, 4.69) is 0 Å². The quantitative estimate of drug-likeness (QED) is 0.559. The molecule has 4 heteroatoms. The van der Waals surface area contributed by atoms with Gasteiger partial charge in [-0.3, -0.25) is 0 Å². The molecule has 0 unspecified atom stereocenters. The predicted molar refractivity (Wildman–Crippen MR) is 0.686 cm³/mol. The maximum atomic E-state index is 8.33. The Kier molecular flexibility index (Phi) is 93.0. The van der Waals surface area contributed by atoms with Crippen LogP contribution >= 0.6 is 0 Å². The van der Waals surface area contributed by atoms with Crippen molar-refractivity contribution in [3.8, 4) is 0 Å². The van der Waals surface area contributed by atoms with Crippen LogP contribution in [0.15, 0.2) is 0 Å². The molecule has 23 valence electrons. The fourth-order valence-corrected chi connectivity index (χ4v) is 0. The van der Waals surface area contributed by atoms with E-state index in [9.17, 15) is 0 Å². The normalized spacial score (nSPS) is 1.00. The largest absolute Gasteiger partial charge is 0 e. The first-order valence-electron chi connectivity index (χ1n) is 0.167. The van der Waals surface area contributed by atoms with Crippen LogP contribution in [0.2, 0.25) is 0 Å². The molecule has 0 saturated heterocycles. The van der Waals surface area contributed by atoms with Gasteiger partial charge in [0.1, 0.15) is 0 Å². The van der Waals surface area contributed by atoms with Gasteiger partial charge in [-0.25, -0.2) is 0 Å². The van der Waals surface area contributed by atoms with E-state index in [1.54, 1.807) is 0 Å². The molecule has 0 aliphatic carbocycles. The Balaban J connectivity index is -0.00000000500. The predicted octanol–water partition coefficient (Wildman–Crippen LogP) is -0.126. The zero-order valence-electron chi connectivity index (χ0n) is 1.67. The van der Waals surface area contributed by atoms with Crippen LogP contribution in [0.1, 0.15) is 0 Å². The van der Waals surface area contributed by atoms with Crippen LogP contribution in [0.25, 0.3) is 0 Å². The number of hydrogen-bond donors (Lipinski definition) is 0. The van der Waals surface area contributed by atoms with E-state index in [4.69, 9.17) is 3.40 Å². The van der Waals surface area contributed by atoms with E-state index >= 15 is 0 Å². The third-order valence-electron chi connectivity index (χ3n) is 0. The Labute approximate surface area is 62.3 Å². The summed E-state index contributed by atoms with van der Waals surface area (Å²) in [6.07, 6.45) is 0. The van der Waals surface area contributed by atoms with Gasteiger partial charge in [-0.15, -0.1) is 0 Å². The fourth-order valence-electron chi connectivity index (χ4n) is 0. The van der Waals surface area contributed by atoms with Gasteiger partial charge in [0.05, 0.1) is 0 Å². The standard InChI is InChI=1S/Mo.O.V.W. The summed E-state index contributed by atoms with van der Waals surface area (Å²) in [5.41, 5.74) is 0. The van der Waals surface area contributed by atoms with Gasteiger partial charge < -0.3 is 0 Å². The van der Waals surface area contributed by atoms with E-state index in [1.807, 2.05) is 0 Å². The molecule has 1 nitrogen and oxygen atoms in total. The molecule has 0 heterocycles. The van der Waals surface area contributed by atoms with Crippen LogP contribution in [0.4, 0.5) is 0 Å². The molecule has 0 aliphatic heterocycles. The van der Waals surface area contributed by atoms with E-state index in [0.717, 1.165) is 0 Å². The van der Waals surface area contributed by atoms with Gasteiger partial charge in [-0.1, -0.05) is 0 Å². The maximum Gasteiger partial charge on any atom is 0 e.